The molecule has 0 aliphatic rings. The number of unbranched alkanes of at least 4 members (excludes halogenated alkanes) is 4. The van der Waals surface area contributed by atoms with E-state index >= 15 is 0 Å². The van der Waals surface area contributed by atoms with E-state index in [1.54, 1.807) is 30.4 Å². The first-order chi connectivity index (χ1) is 10.6. The minimum atomic E-state index is -0.289. The zero-order valence-electron chi connectivity index (χ0n) is 13.2. The van der Waals surface area contributed by atoms with Gasteiger partial charge in [0.1, 0.15) is 5.82 Å². The van der Waals surface area contributed by atoms with E-state index in [1.807, 2.05) is 0 Å². The fourth-order valence-electron chi connectivity index (χ4n) is 1.94. The predicted molar refractivity (Wildman–Crippen MR) is 89.2 cm³/mol. The molecule has 120 valence electrons. The van der Waals surface area contributed by atoms with Crippen LogP contribution in [0.25, 0.3) is 6.08 Å². The van der Waals surface area contributed by atoms with Crippen LogP contribution in [0.1, 0.15) is 51.0 Å². The van der Waals surface area contributed by atoms with Gasteiger partial charge in [-0.3, -0.25) is 15.6 Å². The molecular weight excluding hydrogens is 279 g/mol. The molecule has 0 spiro atoms. The maximum absolute atomic E-state index is 13.4. The van der Waals surface area contributed by atoms with Gasteiger partial charge in [0.2, 0.25) is 5.91 Å². The van der Waals surface area contributed by atoms with Crippen LogP contribution in [0.4, 0.5) is 4.39 Å². The van der Waals surface area contributed by atoms with Crippen LogP contribution in [0, 0.1) is 5.82 Å². The van der Waals surface area contributed by atoms with Crippen molar-refractivity contribution in [3.63, 3.8) is 0 Å². The second-order valence-electron chi connectivity index (χ2n) is 5.22. The fraction of sp³-hybridized carbons (Fsp3) is 0.389. The summed E-state index contributed by atoms with van der Waals surface area (Å²) in [7, 11) is 0. The Kier molecular flexibility index (Phi) is 8.65. The Balaban J connectivity index is 2.22. The van der Waals surface area contributed by atoms with Crippen molar-refractivity contribution in [2.24, 2.45) is 0 Å². The van der Waals surface area contributed by atoms with E-state index in [9.17, 15) is 9.18 Å². The lowest BCUT2D eigenvalue weighted by atomic mass is 10.1. The molecule has 1 aromatic rings. The van der Waals surface area contributed by atoms with E-state index in [2.05, 4.69) is 24.4 Å². The number of amides is 1. The largest absolute Gasteiger partial charge is 0.299 e. The molecule has 0 aliphatic heterocycles. The summed E-state index contributed by atoms with van der Waals surface area (Å²) in [5.74, 6) is -0.348. The van der Waals surface area contributed by atoms with Crippen LogP contribution in [0.3, 0.4) is 0 Å². The number of carbonyl (C=O) groups is 1. The van der Waals surface area contributed by atoms with Gasteiger partial charge in [0, 0.05) is 17.7 Å². The van der Waals surface area contributed by atoms with Gasteiger partial charge in [-0.2, -0.15) is 0 Å². The molecule has 1 aromatic carbocycles. The summed E-state index contributed by atoms with van der Waals surface area (Å²) in [4.78, 5) is 11.6. The normalized spacial score (nSPS) is 10.6. The van der Waals surface area contributed by atoms with Gasteiger partial charge in [-0.1, -0.05) is 57.4 Å². The number of hydrogen-bond acceptors (Lipinski definition) is 2. The van der Waals surface area contributed by atoms with Crippen molar-refractivity contribution in [2.75, 3.05) is 0 Å². The molecule has 0 radical (unpaired) electrons. The zero-order valence-corrected chi connectivity index (χ0v) is 13.2. The quantitative estimate of drug-likeness (QED) is 0.384. The molecule has 0 fully saturated rings. The van der Waals surface area contributed by atoms with Gasteiger partial charge in [-0.25, -0.2) is 4.39 Å². The molecule has 3 nitrogen and oxygen atoms in total. The molecule has 0 saturated carbocycles. The molecule has 22 heavy (non-hydrogen) atoms. The number of nitrogens with one attached hydrogen (secondary N) is 2. The van der Waals surface area contributed by atoms with Crippen LogP contribution < -0.4 is 10.9 Å². The molecule has 0 unspecified atom stereocenters. The van der Waals surface area contributed by atoms with Crippen molar-refractivity contribution in [1.29, 1.82) is 0 Å². The number of carbonyl (C=O) groups excluding carboxylic acids is 1. The predicted octanol–water partition coefficient (Wildman–Crippen LogP) is 4.33. The second-order valence-corrected chi connectivity index (χ2v) is 5.22. The first-order valence-electron chi connectivity index (χ1n) is 7.80. The smallest absolute Gasteiger partial charge is 0.238 e. The van der Waals surface area contributed by atoms with Gasteiger partial charge in [-0.15, -0.1) is 0 Å². The van der Waals surface area contributed by atoms with Gasteiger partial charge >= 0.3 is 0 Å². The molecule has 0 atom stereocenters. The van der Waals surface area contributed by atoms with Crippen LogP contribution in [0.2, 0.25) is 0 Å². The lowest BCUT2D eigenvalue weighted by Crippen LogP contribution is -2.35. The van der Waals surface area contributed by atoms with Crippen molar-refractivity contribution < 1.29 is 9.18 Å². The fourth-order valence-corrected chi connectivity index (χ4v) is 1.94. The van der Waals surface area contributed by atoms with Gasteiger partial charge in [0.05, 0.1) is 0 Å². The Bertz CT molecular complexity index is 512. The van der Waals surface area contributed by atoms with E-state index < -0.39 is 0 Å². The average Bonchev–Trinajstić information content (AvgIpc) is 2.52. The van der Waals surface area contributed by atoms with Crippen molar-refractivity contribution >= 4 is 12.0 Å². The van der Waals surface area contributed by atoms with E-state index in [0.717, 1.165) is 12.8 Å². The lowest BCUT2D eigenvalue weighted by Gasteiger charge is -2.08. The number of hydrazine groups is 1. The number of halogens is 1. The molecule has 0 aromatic heterocycles. The molecule has 0 aliphatic carbocycles. The molecule has 1 rings (SSSR count). The number of rotatable bonds is 10. The van der Waals surface area contributed by atoms with E-state index in [4.69, 9.17) is 0 Å². The highest BCUT2D eigenvalue weighted by Crippen LogP contribution is 2.09. The molecule has 0 saturated heterocycles. The third-order valence-electron chi connectivity index (χ3n) is 3.24. The molecule has 1 amide bonds. The zero-order chi connectivity index (χ0) is 16.2. The van der Waals surface area contributed by atoms with Gasteiger partial charge in [0.15, 0.2) is 0 Å². The number of allylic oxidation sites excluding steroid dienone is 1. The first-order valence-corrected chi connectivity index (χ1v) is 7.80. The van der Waals surface area contributed by atoms with Crippen molar-refractivity contribution in [2.45, 2.75) is 45.4 Å². The standard InChI is InChI=1S/C18H25FN2O/c1-3-4-5-6-7-12-18(22)21-20-15(2)13-14-16-10-8-9-11-17(16)19/h8-11,13-14,20H,2-7,12H2,1H3,(H,21,22). The lowest BCUT2D eigenvalue weighted by molar-refractivity contribution is -0.121. The van der Waals surface area contributed by atoms with Crippen molar-refractivity contribution in [1.82, 2.24) is 10.9 Å². The van der Waals surface area contributed by atoms with Crippen LogP contribution in [0.15, 0.2) is 42.6 Å². The van der Waals surface area contributed by atoms with Crippen molar-refractivity contribution in [3.8, 4) is 0 Å². The highest BCUT2D eigenvalue weighted by atomic mass is 19.1. The third-order valence-corrected chi connectivity index (χ3v) is 3.24. The van der Waals surface area contributed by atoms with Crippen LogP contribution >= 0.6 is 0 Å². The summed E-state index contributed by atoms with van der Waals surface area (Å²) >= 11 is 0. The Morgan fingerprint density at radius 2 is 1.91 bits per heavy atom. The molecule has 0 bridgehead atoms. The molecule has 4 heteroatoms. The minimum absolute atomic E-state index is 0.0584. The number of hydrogen-bond donors (Lipinski definition) is 2. The monoisotopic (exact) mass is 304 g/mol. The highest BCUT2D eigenvalue weighted by molar-refractivity contribution is 5.75. The maximum atomic E-state index is 13.4. The number of benzene rings is 1. The maximum Gasteiger partial charge on any atom is 0.238 e. The van der Waals surface area contributed by atoms with E-state index in [1.165, 1.54) is 25.3 Å². The Morgan fingerprint density at radius 3 is 2.64 bits per heavy atom. The summed E-state index contributed by atoms with van der Waals surface area (Å²) in [5, 5.41) is 0. The average molecular weight is 304 g/mol. The van der Waals surface area contributed by atoms with Gasteiger partial charge < -0.3 is 0 Å². The van der Waals surface area contributed by atoms with Gasteiger partial charge in [0.25, 0.3) is 0 Å². The summed E-state index contributed by atoms with van der Waals surface area (Å²) < 4.78 is 13.4. The minimum Gasteiger partial charge on any atom is -0.299 e. The van der Waals surface area contributed by atoms with Crippen LogP contribution in [-0.4, -0.2) is 5.91 Å². The molecular formula is C18H25FN2O. The van der Waals surface area contributed by atoms with E-state index in [-0.39, 0.29) is 11.7 Å². The summed E-state index contributed by atoms with van der Waals surface area (Å²) in [6.07, 6.45) is 9.30. The van der Waals surface area contributed by atoms with Gasteiger partial charge in [-0.05, 0) is 24.6 Å². The SMILES string of the molecule is C=C(C=Cc1ccccc1F)NNC(=O)CCCCCCC. The highest BCUT2D eigenvalue weighted by Gasteiger charge is 2.00. The summed E-state index contributed by atoms with van der Waals surface area (Å²) in [6.45, 7) is 5.92. The van der Waals surface area contributed by atoms with E-state index in [0.29, 0.717) is 17.7 Å². The summed E-state index contributed by atoms with van der Waals surface area (Å²) in [6, 6.07) is 6.48. The summed E-state index contributed by atoms with van der Waals surface area (Å²) in [5.41, 5.74) is 6.29. The Labute approximate surface area is 132 Å². The first kappa shape index (κ1) is 18.0. The Morgan fingerprint density at radius 1 is 1.18 bits per heavy atom. The second kappa shape index (κ2) is 10.6. The van der Waals surface area contributed by atoms with Crippen LogP contribution in [0.5, 0.6) is 0 Å². The molecule has 2 N–H and O–H groups in total. The van der Waals surface area contributed by atoms with Crippen molar-refractivity contribution in [3.05, 3.63) is 54.0 Å². The topological polar surface area (TPSA) is 41.1 Å². The van der Waals surface area contributed by atoms with Crippen LogP contribution in [-0.2, 0) is 4.79 Å². The third kappa shape index (κ3) is 7.62. The molecule has 0 heterocycles. The Hall–Kier alpha value is -2.10.